The molecular formula is C21H22ClN3O4S. The minimum atomic E-state index is -0.217. The van der Waals surface area contributed by atoms with Crippen LogP contribution in [0.25, 0.3) is 10.9 Å². The lowest BCUT2D eigenvalue weighted by atomic mass is 10.2. The quantitative estimate of drug-likeness (QED) is 0.512. The average molecular weight is 448 g/mol. The van der Waals surface area contributed by atoms with Crippen LogP contribution in [0.3, 0.4) is 0 Å². The van der Waals surface area contributed by atoms with E-state index in [-0.39, 0.29) is 35.7 Å². The van der Waals surface area contributed by atoms with Crippen LogP contribution in [0.15, 0.2) is 41.2 Å². The second-order valence-corrected chi connectivity index (χ2v) is 7.30. The van der Waals surface area contributed by atoms with Crippen LogP contribution in [0, 0.1) is 4.77 Å². The Hall–Kier alpha value is -2.84. The largest absolute Gasteiger partial charge is 0.493 e. The molecule has 30 heavy (non-hydrogen) atoms. The minimum Gasteiger partial charge on any atom is -0.493 e. The fourth-order valence-corrected chi connectivity index (χ4v) is 3.64. The summed E-state index contributed by atoms with van der Waals surface area (Å²) in [4.78, 5) is 28.0. The molecule has 7 nitrogen and oxygen atoms in total. The summed E-state index contributed by atoms with van der Waals surface area (Å²) in [6, 6.07) is 10.6. The molecule has 2 aromatic carbocycles. The molecule has 1 aromatic heterocycles. The number of H-pyrrole nitrogens is 1. The Morgan fingerprint density at radius 1 is 1.30 bits per heavy atom. The summed E-state index contributed by atoms with van der Waals surface area (Å²) in [6.45, 7) is 2.76. The molecule has 0 aliphatic carbocycles. The molecular weight excluding hydrogens is 426 g/mol. The molecule has 0 atom stereocenters. The molecule has 0 spiro atoms. The van der Waals surface area contributed by atoms with Crippen molar-refractivity contribution in [3.63, 3.8) is 0 Å². The maximum atomic E-state index is 12.6. The number of methoxy groups -OCH3 is 1. The number of aromatic amines is 1. The highest BCUT2D eigenvalue weighted by molar-refractivity contribution is 7.71. The van der Waals surface area contributed by atoms with Gasteiger partial charge in [-0.15, -0.1) is 0 Å². The van der Waals surface area contributed by atoms with E-state index in [1.807, 2.05) is 13.0 Å². The van der Waals surface area contributed by atoms with Crippen molar-refractivity contribution in [2.24, 2.45) is 0 Å². The van der Waals surface area contributed by atoms with Crippen molar-refractivity contribution >= 4 is 40.6 Å². The van der Waals surface area contributed by atoms with Gasteiger partial charge in [-0.3, -0.25) is 14.2 Å². The van der Waals surface area contributed by atoms with Crippen LogP contribution in [-0.4, -0.2) is 29.2 Å². The van der Waals surface area contributed by atoms with Gasteiger partial charge in [0.05, 0.1) is 29.6 Å². The number of para-hydroxylation sites is 1. The molecule has 3 rings (SSSR count). The van der Waals surface area contributed by atoms with Crippen molar-refractivity contribution in [2.75, 3.05) is 13.7 Å². The number of nitrogens with zero attached hydrogens (tertiary/aromatic N) is 1. The van der Waals surface area contributed by atoms with Crippen molar-refractivity contribution in [1.82, 2.24) is 14.9 Å². The Labute approximate surface area is 183 Å². The molecule has 0 bridgehead atoms. The fourth-order valence-electron chi connectivity index (χ4n) is 3.06. The van der Waals surface area contributed by atoms with Gasteiger partial charge >= 0.3 is 0 Å². The molecule has 2 N–H and O–H groups in total. The molecule has 0 unspecified atom stereocenters. The number of ether oxygens (including phenoxy) is 2. The van der Waals surface area contributed by atoms with Crippen molar-refractivity contribution < 1.29 is 14.3 Å². The van der Waals surface area contributed by atoms with Crippen LogP contribution >= 0.6 is 23.8 Å². The van der Waals surface area contributed by atoms with E-state index in [4.69, 9.17) is 33.3 Å². The van der Waals surface area contributed by atoms with Crippen LogP contribution in [-0.2, 0) is 17.9 Å². The molecule has 0 fully saturated rings. The van der Waals surface area contributed by atoms with Crippen LogP contribution in [0.2, 0.25) is 5.02 Å². The lowest BCUT2D eigenvalue weighted by Gasteiger charge is -2.14. The average Bonchev–Trinajstić information content (AvgIpc) is 2.73. The number of rotatable bonds is 8. The van der Waals surface area contributed by atoms with Crippen molar-refractivity contribution in [3.8, 4) is 11.5 Å². The van der Waals surface area contributed by atoms with E-state index < -0.39 is 0 Å². The second-order valence-electron chi connectivity index (χ2n) is 6.50. The number of nitrogens with one attached hydrogen (secondary N) is 2. The highest BCUT2D eigenvalue weighted by Crippen LogP contribution is 2.36. The molecule has 158 valence electrons. The van der Waals surface area contributed by atoms with Crippen LogP contribution < -0.4 is 20.3 Å². The van der Waals surface area contributed by atoms with Crippen molar-refractivity contribution in [1.29, 1.82) is 0 Å². The van der Waals surface area contributed by atoms with Gasteiger partial charge in [-0.25, -0.2) is 0 Å². The number of hydrogen-bond donors (Lipinski definition) is 2. The van der Waals surface area contributed by atoms with E-state index in [1.54, 1.807) is 30.3 Å². The Balaban J connectivity index is 1.66. The van der Waals surface area contributed by atoms with E-state index in [0.717, 1.165) is 5.56 Å². The van der Waals surface area contributed by atoms with Gasteiger partial charge in [0, 0.05) is 19.5 Å². The number of hydrogen-bond acceptors (Lipinski definition) is 5. The molecule has 3 aromatic rings. The summed E-state index contributed by atoms with van der Waals surface area (Å²) in [5.41, 5.74) is 1.23. The predicted molar refractivity (Wildman–Crippen MR) is 119 cm³/mol. The summed E-state index contributed by atoms with van der Waals surface area (Å²) in [5.74, 6) is 0.762. The molecule has 0 aliphatic heterocycles. The Bertz CT molecular complexity index is 1190. The van der Waals surface area contributed by atoms with Gasteiger partial charge in [0.25, 0.3) is 5.56 Å². The summed E-state index contributed by atoms with van der Waals surface area (Å²) in [5, 5.41) is 3.76. The molecule has 0 saturated heterocycles. The third kappa shape index (κ3) is 4.83. The first-order valence-electron chi connectivity index (χ1n) is 9.42. The topological polar surface area (TPSA) is 85.4 Å². The van der Waals surface area contributed by atoms with Gasteiger partial charge in [-0.05, 0) is 49.0 Å². The van der Waals surface area contributed by atoms with E-state index in [0.29, 0.717) is 34.0 Å². The standard InChI is InChI=1S/C21H22ClN3O4S/c1-3-29-19-15(22)10-13(11-17(19)28-2)12-23-18(26)8-9-25-20(27)14-6-4-5-7-16(14)24-21(25)30/h4-7,10-11H,3,8-9,12H2,1-2H3,(H,23,26)(H,24,30). The summed E-state index contributed by atoms with van der Waals surface area (Å²) >= 11 is 11.5. The van der Waals surface area contributed by atoms with Crippen LogP contribution in [0.4, 0.5) is 0 Å². The van der Waals surface area contributed by atoms with Gasteiger partial charge in [-0.1, -0.05) is 23.7 Å². The minimum absolute atomic E-state index is 0.109. The smallest absolute Gasteiger partial charge is 0.262 e. The molecule has 0 saturated carbocycles. The predicted octanol–water partition coefficient (Wildman–Crippen LogP) is 3.83. The second kappa shape index (κ2) is 9.77. The Morgan fingerprint density at radius 2 is 2.07 bits per heavy atom. The van der Waals surface area contributed by atoms with E-state index in [1.165, 1.54) is 11.7 Å². The Kier molecular flexibility index (Phi) is 7.12. The Morgan fingerprint density at radius 3 is 2.80 bits per heavy atom. The molecule has 1 heterocycles. The lowest BCUT2D eigenvalue weighted by molar-refractivity contribution is -0.121. The first kappa shape index (κ1) is 21.9. The summed E-state index contributed by atoms with van der Waals surface area (Å²) in [6.07, 6.45) is 0.109. The molecule has 0 aliphatic rings. The number of halogens is 1. The van der Waals surface area contributed by atoms with Crippen molar-refractivity contribution in [2.45, 2.75) is 26.4 Å². The van der Waals surface area contributed by atoms with Crippen LogP contribution in [0.1, 0.15) is 18.9 Å². The monoisotopic (exact) mass is 447 g/mol. The van der Waals surface area contributed by atoms with Gasteiger partial charge in [0.15, 0.2) is 16.3 Å². The van der Waals surface area contributed by atoms with Crippen molar-refractivity contribution in [3.05, 3.63) is 62.1 Å². The van der Waals surface area contributed by atoms with Gasteiger partial charge < -0.3 is 19.8 Å². The maximum Gasteiger partial charge on any atom is 0.262 e. The normalized spacial score (nSPS) is 10.8. The van der Waals surface area contributed by atoms with E-state index in [9.17, 15) is 9.59 Å². The molecule has 1 amide bonds. The van der Waals surface area contributed by atoms with Gasteiger partial charge in [0.1, 0.15) is 0 Å². The highest BCUT2D eigenvalue weighted by Gasteiger charge is 2.13. The number of carbonyl (C=O) groups is 1. The fraction of sp³-hybridized carbons (Fsp3) is 0.286. The summed E-state index contributed by atoms with van der Waals surface area (Å²) < 4.78 is 12.5. The lowest BCUT2D eigenvalue weighted by Crippen LogP contribution is -2.28. The zero-order valence-corrected chi connectivity index (χ0v) is 18.2. The van der Waals surface area contributed by atoms with E-state index >= 15 is 0 Å². The number of fused-ring (bicyclic) bond motifs is 1. The first-order chi connectivity index (χ1) is 14.4. The molecule has 0 radical (unpaired) electrons. The third-order valence-corrected chi connectivity index (χ3v) is 5.12. The van der Waals surface area contributed by atoms with Gasteiger partial charge in [0.2, 0.25) is 5.91 Å². The summed E-state index contributed by atoms with van der Waals surface area (Å²) in [7, 11) is 1.53. The molecule has 9 heteroatoms. The maximum absolute atomic E-state index is 12.6. The van der Waals surface area contributed by atoms with E-state index in [2.05, 4.69) is 10.3 Å². The SMILES string of the molecule is CCOc1c(Cl)cc(CNC(=O)CCn2c(=S)[nH]c3ccccc3c2=O)cc1OC. The third-order valence-electron chi connectivity index (χ3n) is 4.52. The number of amides is 1. The first-order valence-corrected chi connectivity index (χ1v) is 10.2. The zero-order chi connectivity index (χ0) is 21.7. The number of benzene rings is 2. The highest BCUT2D eigenvalue weighted by atomic mass is 35.5. The number of carbonyl (C=O) groups excluding carboxylic acids is 1. The van der Waals surface area contributed by atoms with Crippen LogP contribution in [0.5, 0.6) is 11.5 Å². The zero-order valence-electron chi connectivity index (χ0n) is 16.7. The number of aromatic nitrogens is 2. The van der Waals surface area contributed by atoms with Gasteiger partial charge in [-0.2, -0.15) is 0 Å².